The van der Waals surface area contributed by atoms with Gasteiger partial charge in [0.1, 0.15) is 37.4 Å². The molecule has 0 spiro atoms. The van der Waals surface area contributed by atoms with Crippen molar-refractivity contribution in [2.45, 2.75) is 73.4 Å². The zero-order chi connectivity index (χ0) is 60.7. The second-order valence-electron chi connectivity index (χ2n) is 18.5. The lowest BCUT2D eigenvalue weighted by atomic mass is 10.1. The molecule has 0 fully saturated rings. The molecule has 0 bridgehead atoms. The zero-order valence-electron chi connectivity index (χ0n) is 44.7. The van der Waals surface area contributed by atoms with Gasteiger partial charge in [0.25, 0.3) is 17.7 Å². The number of amides is 7. The number of benzene rings is 4. The monoisotopic (exact) mass is 1190 g/mol. The van der Waals surface area contributed by atoms with Gasteiger partial charge in [-0.3, -0.25) is 42.9 Å². The van der Waals surface area contributed by atoms with Gasteiger partial charge in [-0.25, -0.2) is 33.5 Å². The van der Waals surface area contributed by atoms with E-state index in [9.17, 15) is 52.2 Å². The highest BCUT2D eigenvalue weighted by molar-refractivity contribution is 6.31. The number of hydrogen-bond donors (Lipinski definition) is 7. The van der Waals surface area contributed by atoms with Crippen LogP contribution >= 0.6 is 23.2 Å². The lowest BCUT2D eigenvalue weighted by Crippen LogP contribution is -2.45. The molecule has 440 valence electrons. The number of carboxylic acids is 1. The lowest BCUT2D eigenvalue weighted by Gasteiger charge is -2.26. The van der Waals surface area contributed by atoms with Gasteiger partial charge >= 0.3 is 5.97 Å². The summed E-state index contributed by atoms with van der Waals surface area (Å²) in [6.07, 6.45) is 8.72. The average molecular weight is 1200 g/mol. The number of hydrogen-bond acceptors (Lipinski definition) is 15. The summed E-state index contributed by atoms with van der Waals surface area (Å²) in [6.45, 7) is 5.45. The van der Waals surface area contributed by atoms with E-state index in [1.54, 1.807) is 58.3 Å². The number of carboxylic acid groups (broad SMARTS) is 1. The highest BCUT2D eigenvalue weighted by Crippen LogP contribution is 2.24. The van der Waals surface area contributed by atoms with Gasteiger partial charge in [-0.2, -0.15) is 10.2 Å². The molecule has 0 radical (unpaired) electrons. The number of primary amides is 2. The number of nitrogens with two attached hydrogens (primary N) is 3. The molecule has 29 heteroatoms. The average Bonchev–Trinajstić information content (AvgIpc) is 3.82. The maximum atomic E-state index is 14.1. The SMILES string of the molecule is C.CC(C)N(CC(=O)NCc1cccc(Cl)c1F)C(=O)Cn1nc(C(N)=O)c2cc(C(=O)Nc3cncnc3)ccc21.CC(C)N(CC(=O)NCc1cccc(Cl)c1F)C(=O)Cn1nc(C(N)=O)c2cc(C(=O)O)ccc21.Nc1cncnc1. The van der Waals surface area contributed by atoms with E-state index in [0.29, 0.717) is 22.4 Å². The lowest BCUT2D eigenvalue weighted by molar-refractivity contribution is -0.138. The van der Waals surface area contributed by atoms with Crippen molar-refractivity contribution in [2.75, 3.05) is 24.1 Å². The highest BCUT2D eigenvalue weighted by atomic mass is 35.5. The van der Waals surface area contributed by atoms with Crippen LogP contribution in [-0.2, 0) is 45.4 Å². The molecule has 0 aliphatic carbocycles. The summed E-state index contributed by atoms with van der Waals surface area (Å²) in [5.41, 5.74) is 18.1. The predicted molar refractivity (Wildman–Crippen MR) is 307 cm³/mol. The van der Waals surface area contributed by atoms with Crippen molar-refractivity contribution < 1.29 is 52.2 Å². The third-order valence-electron chi connectivity index (χ3n) is 12.0. The van der Waals surface area contributed by atoms with Gasteiger partial charge in [-0.05, 0) is 76.2 Å². The number of nitrogen functional groups attached to an aromatic ring is 1. The Kier molecular flexibility index (Phi) is 22.9. The summed E-state index contributed by atoms with van der Waals surface area (Å²) in [6, 6.07) is 16.7. The summed E-state index contributed by atoms with van der Waals surface area (Å²) < 4.78 is 30.7. The second kappa shape index (κ2) is 29.6. The smallest absolute Gasteiger partial charge is 0.335 e. The van der Waals surface area contributed by atoms with E-state index < -0.39 is 59.0 Å². The molecule has 0 atom stereocenters. The fraction of sp³-hybridized carbons (Fsp3) is 0.236. The van der Waals surface area contributed by atoms with Gasteiger partial charge < -0.3 is 48.1 Å². The van der Waals surface area contributed by atoms with Gasteiger partial charge in [0, 0.05) is 52.6 Å². The minimum atomic E-state index is -1.19. The van der Waals surface area contributed by atoms with Crippen LogP contribution in [-0.4, -0.2) is 127 Å². The van der Waals surface area contributed by atoms with Crippen LogP contribution in [0.3, 0.4) is 0 Å². The number of rotatable bonds is 19. The number of nitrogens with zero attached hydrogens (tertiary/aromatic N) is 10. The number of carbonyl (C=O) groups is 8. The Hall–Kier alpha value is -10.0. The van der Waals surface area contributed by atoms with Crippen LogP contribution in [0.15, 0.2) is 110 Å². The van der Waals surface area contributed by atoms with Gasteiger partial charge in [0.2, 0.25) is 23.6 Å². The van der Waals surface area contributed by atoms with Crippen LogP contribution in [0.25, 0.3) is 21.8 Å². The molecule has 0 unspecified atom stereocenters. The molecule has 0 aliphatic rings. The minimum Gasteiger partial charge on any atom is -0.478 e. The molecule has 0 aliphatic heterocycles. The molecule has 84 heavy (non-hydrogen) atoms. The fourth-order valence-corrected chi connectivity index (χ4v) is 8.24. The van der Waals surface area contributed by atoms with Crippen LogP contribution in [0.1, 0.15) is 87.9 Å². The van der Waals surface area contributed by atoms with Crippen molar-refractivity contribution in [2.24, 2.45) is 11.5 Å². The van der Waals surface area contributed by atoms with Crippen molar-refractivity contribution in [3.8, 4) is 0 Å². The summed E-state index contributed by atoms with van der Waals surface area (Å²) in [5, 5.41) is 25.7. The first-order valence-corrected chi connectivity index (χ1v) is 25.6. The first-order valence-electron chi connectivity index (χ1n) is 24.8. The van der Waals surface area contributed by atoms with E-state index in [1.165, 1.54) is 98.8 Å². The van der Waals surface area contributed by atoms with Crippen molar-refractivity contribution in [1.82, 2.24) is 59.9 Å². The van der Waals surface area contributed by atoms with Crippen LogP contribution in [0, 0.1) is 11.6 Å². The number of aromatic carboxylic acids is 1. The predicted octanol–water partition coefficient (Wildman–Crippen LogP) is 5.40. The molecule has 8 aromatic rings. The summed E-state index contributed by atoms with van der Waals surface area (Å²) >= 11 is 11.5. The van der Waals surface area contributed by atoms with Crippen molar-refractivity contribution >= 4 is 104 Å². The van der Waals surface area contributed by atoms with Crippen molar-refractivity contribution in [1.29, 1.82) is 0 Å². The Morgan fingerprint density at radius 1 is 0.619 bits per heavy atom. The van der Waals surface area contributed by atoms with Crippen LogP contribution in [0.5, 0.6) is 0 Å². The molecular formula is C55H58Cl2F2N16O9. The highest BCUT2D eigenvalue weighted by Gasteiger charge is 2.26. The molecular weight excluding hydrogens is 1140 g/mol. The molecule has 8 rings (SSSR count). The van der Waals surface area contributed by atoms with E-state index in [-0.39, 0.29) is 113 Å². The molecule has 4 aromatic heterocycles. The second-order valence-corrected chi connectivity index (χ2v) is 19.3. The van der Waals surface area contributed by atoms with Gasteiger partial charge in [0.05, 0.1) is 75.9 Å². The van der Waals surface area contributed by atoms with Gasteiger partial charge in [-0.15, -0.1) is 0 Å². The fourth-order valence-electron chi connectivity index (χ4n) is 7.85. The number of aromatic nitrogens is 8. The summed E-state index contributed by atoms with van der Waals surface area (Å²) in [7, 11) is 0. The van der Waals surface area contributed by atoms with Gasteiger partial charge in [0.15, 0.2) is 11.4 Å². The quantitative estimate of drug-likeness (QED) is 0.0533. The van der Waals surface area contributed by atoms with Crippen LogP contribution < -0.4 is 33.2 Å². The number of fused-ring (bicyclic) bond motifs is 2. The molecule has 7 amide bonds. The Morgan fingerprint density at radius 2 is 1.02 bits per heavy atom. The van der Waals surface area contributed by atoms with Crippen molar-refractivity contribution in [3.63, 3.8) is 0 Å². The first-order chi connectivity index (χ1) is 39.4. The molecule has 4 aromatic carbocycles. The summed E-state index contributed by atoms with van der Waals surface area (Å²) in [5.74, 6) is -6.61. The van der Waals surface area contributed by atoms with Crippen molar-refractivity contribution in [3.05, 3.63) is 166 Å². The molecule has 0 saturated carbocycles. The standard InChI is InChI=1S/C27H26ClFN8O4.C23H23ClFN5O5.C4H5N3.CH4/c1-15(2)36(12-22(38)33-9-17-4-3-5-20(28)24(17)29)23(39)13-37-21-7-6-16(8-19(21)25(35-37)26(30)40)27(41)34-18-10-31-14-32-11-18;1-12(2)29(10-18(31)27-9-14-4-3-5-16(24)20(14)25)19(32)11-30-17-7-6-13(23(34)35)8-15(17)21(28-30)22(26)33;5-4-1-6-3-7-2-4;/h3-8,10-11,14-15H,9,12-13H2,1-2H3,(H2,30,40)(H,33,38)(H,34,41);3-8,12H,9-11H2,1-2H3,(H2,26,33)(H,27,31)(H,34,35);1-3H,5H2;1H4. The zero-order valence-corrected chi connectivity index (χ0v) is 46.2. The van der Waals surface area contributed by atoms with Crippen LogP contribution in [0.4, 0.5) is 20.2 Å². The Bertz CT molecular complexity index is 3720. The number of anilines is 2. The van der Waals surface area contributed by atoms with E-state index in [4.69, 9.17) is 40.4 Å². The molecule has 10 N–H and O–H groups in total. The third kappa shape index (κ3) is 17.0. The largest absolute Gasteiger partial charge is 0.478 e. The first kappa shape index (κ1) is 64.8. The van der Waals surface area contributed by atoms with E-state index in [2.05, 4.69) is 46.1 Å². The topological polar surface area (TPSA) is 365 Å². The minimum absolute atomic E-state index is 0. The molecule has 0 saturated heterocycles. The van der Waals surface area contributed by atoms with E-state index in [1.807, 2.05) is 0 Å². The van der Waals surface area contributed by atoms with E-state index in [0.717, 1.165) is 0 Å². The maximum absolute atomic E-state index is 14.1. The Balaban J connectivity index is 0.000000274. The van der Waals surface area contributed by atoms with Gasteiger partial charge in [-0.1, -0.05) is 54.9 Å². The number of carbonyl (C=O) groups excluding carboxylic acids is 7. The number of halogens is 4. The molecule has 4 heterocycles. The maximum Gasteiger partial charge on any atom is 0.335 e. The van der Waals surface area contributed by atoms with Crippen LogP contribution in [0.2, 0.25) is 10.0 Å². The summed E-state index contributed by atoms with van der Waals surface area (Å²) in [4.78, 5) is 117. The number of nitrogens with one attached hydrogen (secondary N) is 3. The Labute approximate surface area is 488 Å². The third-order valence-corrected chi connectivity index (χ3v) is 12.6. The Morgan fingerprint density at radius 3 is 1.40 bits per heavy atom. The molecule has 25 nitrogen and oxygen atoms in total. The van der Waals surface area contributed by atoms with E-state index >= 15 is 0 Å². The normalized spacial score (nSPS) is 10.6.